The third-order valence-electron chi connectivity index (χ3n) is 6.76. The van der Waals surface area contributed by atoms with Crippen LogP contribution in [-0.4, -0.2) is 69.6 Å². The molecule has 0 aromatic heterocycles. The third kappa shape index (κ3) is 12.1. The molecule has 2 aromatic rings. The summed E-state index contributed by atoms with van der Waals surface area (Å²) in [6.07, 6.45) is -2.01. The molecule has 1 saturated carbocycles. The fraction of sp³-hybridized carbons (Fsp3) is 0.448. The number of benzene rings is 2. The molecule has 15 heteroatoms. The number of nitrogens with one attached hydrogen (secondary N) is 2. The fourth-order valence-corrected chi connectivity index (χ4v) is 6.88. The fourth-order valence-electron chi connectivity index (χ4n) is 4.44. The van der Waals surface area contributed by atoms with Crippen LogP contribution >= 0.6 is 11.8 Å². The molecule has 0 aliphatic heterocycles. The predicted molar refractivity (Wildman–Crippen MR) is 160 cm³/mol. The Hall–Kier alpha value is -3.77. The van der Waals surface area contributed by atoms with Crippen molar-refractivity contribution in [3.63, 3.8) is 0 Å². The summed E-state index contributed by atoms with van der Waals surface area (Å²) in [4.78, 5) is 36.6. The maximum absolute atomic E-state index is 13.1. The van der Waals surface area contributed by atoms with Gasteiger partial charge in [-0.1, -0.05) is 25.0 Å². The molecular weight excluding hydrogens is 621 g/mol. The highest BCUT2D eigenvalue weighted by Crippen LogP contribution is 2.33. The molecule has 2 atom stereocenters. The van der Waals surface area contributed by atoms with E-state index in [1.807, 2.05) is 49.3 Å². The predicted octanol–water partition coefficient (Wildman–Crippen LogP) is 4.01. The van der Waals surface area contributed by atoms with Crippen molar-refractivity contribution in [3.05, 3.63) is 54.1 Å². The first-order chi connectivity index (χ1) is 20.6. The number of anilines is 1. The van der Waals surface area contributed by atoms with Gasteiger partial charge in [-0.2, -0.15) is 18.4 Å². The monoisotopic (exact) mass is 656 g/mol. The van der Waals surface area contributed by atoms with Crippen molar-refractivity contribution in [2.75, 3.05) is 37.0 Å². The van der Waals surface area contributed by atoms with Gasteiger partial charge in [-0.15, -0.1) is 11.8 Å². The van der Waals surface area contributed by atoms with E-state index >= 15 is 0 Å². The number of nitrogens with zero attached hydrogens (tertiary/aromatic N) is 2. The van der Waals surface area contributed by atoms with Gasteiger partial charge in [0.05, 0.1) is 22.5 Å². The molecule has 0 unspecified atom stereocenters. The number of carboxylic acid groups (broad SMARTS) is 1. The molecule has 1 aliphatic carbocycles. The average molecular weight is 657 g/mol. The summed E-state index contributed by atoms with van der Waals surface area (Å²) in [5.41, 5.74) is 2.11. The van der Waals surface area contributed by atoms with Crippen LogP contribution < -0.4 is 15.5 Å². The summed E-state index contributed by atoms with van der Waals surface area (Å²) in [5.74, 6) is -3.63. The van der Waals surface area contributed by atoms with Gasteiger partial charge in [-0.3, -0.25) is 9.59 Å². The van der Waals surface area contributed by atoms with E-state index in [9.17, 15) is 31.2 Å². The minimum Gasteiger partial charge on any atom is -0.475 e. The second-order valence-corrected chi connectivity index (χ2v) is 13.3. The number of hydrogen-bond donors (Lipinski definition) is 3. The minimum atomic E-state index is -5.08. The number of carbonyl (C=O) groups is 3. The number of carboxylic acids is 1. The number of halogens is 3. The van der Waals surface area contributed by atoms with E-state index in [4.69, 9.17) is 15.2 Å². The molecule has 2 amide bonds. The summed E-state index contributed by atoms with van der Waals surface area (Å²) in [7, 11) is 0.370. The Labute approximate surface area is 258 Å². The highest BCUT2D eigenvalue weighted by atomic mass is 32.2. The minimum absolute atomic E-state index is 0.0736. The molecule has 1 fully saturated rings. The quantitative estimate of drug-likeness (QED) is 0.240. The summed E-state index contributed by atoms with van der Waals surface area (Å²) in [6, 6.07) is 16.4. The maximum Gasteiger partial charge on any atom is 0.490 e. The molecule has 1 aliphatic rings. The number of hydrogen-bond acceptors (Lipinski definition) is 8. The zero-order chi connectivity index (χ0) is 32.9. The van der Waals surface area contributed by atoms with Crippen LogP contribution in [0, 0.1) is 23.2 Å². The van der Waals surface area contributed by atoms with Gasteiger partial charge in [0.2, 0.25) is 11.8 Å². The molecule has 3 rings (SSSR count). The summed E-state index contributed by atoms with van der Waals surface area (Å²) in [6.45, 7) is 0.372. The van der Waals surface area contributed by atoms with E-state index in [-0.39, 0.29) is 40.7 Å². The lowest BCUT2D eigenvalue weighted by atomic mass is 9.80. The Morgan fingerprint density at radius 1 is 1.02 bits per heavy atom. The largest absolute Gasteiger partial charge is 0.490 e. The van der Waals surface area contributed by atoms with Crippen molar-refractivity contribution < 1.29 is 41.1 Å². The number of rotatable bonds is 11. The number of carbonyl (C=O) groups excluding carboxylic acids is 2. The molecule has 0 heterocycles. The van der Waals surface area contributed by atoms with Gasteiger partial charge in [-0.05, 0) is 60.7 Å². The number of thioether (sulfide) groups is 1. The molecular formula is C29H35F3N4O6S2. The Morgan fingerprint density at radius 2 is 1.61 bits per heavy atom. The highest BCUT2D eigenvalue weighted by molar-refractivity contribution is 8.00. The normalized spacial score (nSPS) is 16.5. The van der Waals surface area contributed by atoms with Crippen LogP contribution in [-0.2, 0) is 30.8 Å². The van der Waals surface area contributed by atoms with Gasteiger partial charge in [0, 0.05) is 37.1 Å². The Bertz CT molecular complexity index is 1410. The maximum atomic E-state index is 13.1. The van der Waals surface area contributed by atoms with Crippen LogP contribution in [0.15, 0.2) is 58.3 Å². The SMILES string of the molecule is CN(C)c1ccc(CNC(=O)CSc2ccc(S(=O)(=O)C[C@@H]3CCCC[C@H]3C(=O)NCC#N)cc2)cc1.O=C(O)C(F)(F)F. The first-order valence-corrected chi connectivity index (χ1v) is 16.2. The van der Waals surface area contributed by atoms with Crippen LogP contribution in [0.1, 0.15) is 31.2 Å². The van der Waals surface area contributed by atoms with E-state index in [1.54, 1.807) is 24.3 Å². The second-order valence-electron chi connectivity index (χ2n) is 10.2. The zero-order valence-corrected chi connectivity index (χ0v) is 25.9. The summed E-state index contributed by atoms with van der Waals surface area (Å²) >= 11 is 1.34. The van der Waals surface area contributed by atoms with E-state index < -0.39 is 27.9 Å². The van der Waals surface area contributed by atoms with Crippen LogP contribution in [0.5, 0.6) is 0 Å². The average Bonchev–Trinajstić information content (AvgIpc) is 2.98. The molecule has 44 heavy (non-hydrogen) atoms. The van der Waals surface area contributed by atoms with Crippen molar-refractivity contribution in [2.45, 2.75) is 48.2 Å². The Morgan fingerprint density at radius 3 is 2.16 bits per heavy atom. The van der Waals surface area contributed by atoms with Gasteiger partial charge >= 0.3 is 12.1 Å². The van der Waals surface area contributed by atoms with Crippen LogP contribution in [0.2, 0.25) is 0 Å². The molecule has 0 saturated heterocycles. The molecule has 2 aromatic carbocycles. The first-order valence-electron chi connectivity index (χ1n) is 13.6. The molecule has 0 bridgehead atoms. The van der Waals surface area contributed by atoms with Gasteiger partial charge in [0.25, 0.3) is 0 Å². The van der Waals surface area contributed by atoms with E-state index in [0.29, 0.717) is 19.4 Å². The van der Waals surface area contributed by atoms with Crippen molar-refractivity contribution in [3.8, 4) is 6.07 Å². The van der Waals surface area contributed by atoms with Crippen molar-refractivity contribution in [1.29, 1.82) is 5.26 Å². The molecule has 0 radical (unpaired) electrons. The van der Waals surface area contributed by atoms with E-state index in [2.05, 4.69) is 10.6 Å². The first kappa shape index (κ1) is 36.4. The molecule has 0 spiro atoms. The lowest BCUT2D eigenvalue weighted by Gasteiger charge is -2.30. The standard InChI is InChI=1S/C27H34N4O4S2.C2HF3O2/c1-31(2)22-9-7-20(8-10-22)17-30-26(32)18-36-23-11-13-24(14-12-23)37(34,35)19-21-5-3-4-6-25(21)27(33)29-16-15-28;3-2(4,5)1(6)7/h7-14,21,25H,3-6,16-19H2,1-2H3,(H,29,33)(H,30,32);(H,6,7)/t21-,25+;/m0./s1. The number of alkyl halides is 3. The number of aliphatic carboxylic acids is 1. The van der Waals surface area contributed by atoms with Crippen molar-refractivity contribution in [2.24, 2.45) is 11.8 Å². The highest BCUT2D eigenvalue weighted by Gasteiger charge is 2.38. The zero-order valence-electron chi connectivity index (χ0n) is 24.3. The summed E-state index contributed by atoms with van der Waals surface area (Å²) < 4.78 is 57.9. The molecule has 10 nitrogen and oxygen atoms in total. The van der Waals surface area contributed by atoms with E-state index in [1.165, 1.54) is 11.8 Å². The molecule has 3 N–H and O–H groups in total. The van der Waals surface area contributed by atoms with Gasteiger partial charge in [0.15, 0.2) is 9.84 Å². The number of nitriles is 1. The van der Waals surface area contributed by atoms with Gasteiger partial charge < -0.3 is 20.6 Å². The van der Waals surface area contributed by atoms with Crippen LogP contribution in [0.25, 0.3) is 0 Å². The van der Waals surface area contributed by atoms with Gasteiger partial charge in [0.1, 0.15) is 6.54 Å². The Kier molecular flexibility index (Phi) is 14.0. The van der Waals surface area contributed by atoms with Crippen LogP contribution in [0.4, 0.5) is 18.9 Å². The van der Waals surface area contributed by atoms with Crippen molar-refractivity contribution >= 4 is 45.1 Å². The topological polar surface area (TPSA) is 157 Å². The summed E-state index contributed by atoms with van der Waals surface area (Å²) in [5, 5.41) is 21.3. The van der Waals surface area contributed by atoms with Crippen molar-refractivity contribution in [1.82, 2.24) is 10.6 Å². The van der Waals surface area contributed by atoms with Gasteiger partial charge in [-0.25, -0.2) is 13.2 Å². The molecule has 240 valence electrons. The second kappa shape index (κ2) is 16.9. The number of sulfone groups is 1. The number of amides is 2. The smallest absolute Gasteiger partial charge is 0.475 e. The van der Waals surface area contributed by atoms with Crippen LogP contribution in [0.3, 0.4) is 0 Å². The Balaban J connectivity index is 0.000000860. The third-order valence-corrected chi connectivity index (χ3v) is 9.63. The van der Waals surface area contributed by atoms with E-state index in [0.717, 1.165) is 29.0 Å². The lowest BCUT2D eigenvalue weighted by molar-refractivity contribution is -0.192. The lowest BCUT2D eigenvalue weighted by Crippen LogP contribution is -2.39.